The Morgan fingerprint density at radius 1 is 1.19 bits per heavy atom. The van der Waals surface area contributed by atoms with Crippen molar-refractivity contribution in [2.75, 3.05) is 30.3 Å². The highest BCUT2D eigenvalue weighted by Gasteiger charge is 2.23. The van der Waals surface area contributed by atoms with E-state index in [1.54, 1.807) is 50.2 Å². The molecule has 1 aliphatic rings. The molecule has 0 bridgehead atoms. The van der Waals surface area contributed by atoms with E-state index < -0.39 is 16.0 Å². The number of methoxy groups -OCH3 is 1. The Balaban J connectivity index is 1.90. The molecule has 168 valence electrons. The van der Waals surface area contributed by atoms with E-state index in [-0.39, 0.29) is 22.7 Å². The highest BCUT2D eigenvalue weighted by molar-refractivity contribution is 7.92. The first-order valence-electron chi connectivity index (χ1n) is 10.2. The van der Waals surface area contributed by atoms with Crippen molar-refractivity contribution in [3.05, 3.63) is 48.0 Å². The van der Waals surface area contributed by atoms with Gasteiger partial charge in [-0.25, -0.2) is 13.2 Å². The van der Waals surface area contributed by atoms with Crippen LogP contribution >= 0.6 is 0 Å². The summed E-state index contributed by atoms with van der Waals surface area (Å²) < 4.78 is 44.9. The van der Waals surface area contributed by atoms with Crippen LogP contribution in [0.1, 0.15) is 37.0 Å². The molecule has 1 atom stereocenters. The molecule has 1 aliphatic heterocycles. The zero-order valence-corrected chi connectivity index (χ0v) is 18.7. The van der Waals surface area contributed by atoms with Crippen LogP contribution in [0.3, 0.4) is 0 Å². The van der Waals surface area contributed by atoms with Crippen molar-refractivity contribution in [2.45, 2.75) is 43.8 Å². The fraction of sp³-hybridized carbons (Fsp3) is 0.409. The zero-order chi connectivity index (χ0) is 22.4. The number of sulfonamides is 1. The maximum atomic E-state index is 13.2. The number of anilines is 2. The molecule has 31 heavy (non-hydrogen) atoms. The van der Waals surface area contributed by atoms with Gasteiger partial charge in [-0.05, 0) is 69.2 Å². The highest BCUT2D eigenvalue weighted by Crippen LogP contribution is 2.27. The minimum atomic E-state index is -4.00. The Morgan fingerprint density at radius 2 is 1.94 bits per heavy atom. The normalized spacial score (nSPS) is 16.2. The van der Waals surface area contributed by atoms with Gasteiger partial charge >= 0.3 is 5.97 Å². The number of carbonyl (C=O) groups is 1. The number of benzene rings is 2. The van der Waals surface area contributed by atoms with Crippen molar-refractivity contribution < 1.29 is 27.4 Å². The smallest absolute Gasteiger partial charge is 0.338 e. The summed E-state index contributed by atoms with van der Waals surface area (Å²) in [7, 11) is -2.46. The van der Waals surface area contributed by atoms with E-state index in [9.17, 15) is 13.2 Å². The lowest BCUT2D eigenvalue weighted by Gasteiger charge is -2.17. The van der Waals surface area contributed by atoms with Crippen LogP contribution in [0.15, 0.2) is 47.4 Å². The zero-order valence-electron chi connectivity index (χ0n) is 17.9. The second-order valence-corrected chi connectivity index (χ2v) is 9.17. The van der Waals surface area contributed by atoms with Crippen LogP contribution in [-0.2, 0) is 19.5 Å². The van der Waals surface area contributed by atoms with Crippen molar-refractivity contribution in [2.24, 2.45) is 0 Å². The Morgan fingerprint density at radius 3 is 2.55 bits per heavy atom. The van der Waals surface area contributed by atoms with E-state index >= 15 is 0 Å². The Bertz CT molecular complexity index is 999. The number of rotatable bonds is 9. The number of carbonyl (C=O) groups excluding carboxylic acids is 1. The summed E-state index contributed by atoms with van der Waals surface area (Å²) in [6, 6.07) is 11.0. The third kappa shape index (κ3) is 6.11. The average Bonchev–Trinajstić information content (AvgIpc) is 3.25. The second kappa shape index (κ2) is 10.0. The van der Waals surface area contributed by atoms with Crippen molar-refractivity contribution in [1.82, 2.24) is 0 Å². The van der Waals surface area contributed by atoms with Gasteiger partial charge in [-0.2, -0.15) is 0 Å². The Hall–Kier alpha value is -2.78. The lowest BCUT2D eigenvalue weighted by atomic mass is 10.2. The van der Waals surface area contributed by atoms with Crippen molar-refractivity contribution in [3.63, 3.8) is 0 Å². The molecule has 2 aromatic carbocycles. The molecule has 0 radical (unpaired) electrons. The predicted octanol–water partition coefficient (Wildman–Crippen LogP) is 3.65. The average molecular weight is 449 g/mol. The predicted molar refractivity (Wildman–Crippen MR) is 118 cm³/mol. The number of nitrogens with one attached hydrogen (secondary N) is 2. The molecule has 2 N–H and O–H groups in total. The quantitative estimate of drug-likeness (QED) is 0.565. The molecular weight excluding hydrogens is 420 g/mol. The van der Waals surface area contributed by atoms with Crippen molar-refractivity contribution in [3.8, 4) is 5.75 Å². The molecule has 0 amide bonds. The van der Waals surface area contributed by atoms with Gasteiger partial charge in [-0.15, -0.1) is 0 Å². The maximum Gasteiger partial charge on any atom is 0.338 e. The van der Waals surface area contributed by atoms with Crippen LogP contribution in [0.5, 0.6) is 5.75 Å². The van der Waals surface area contributed by atoms with Crippen LogP contribution in [0.2, 0.25) is 0 Å². The van der Waals surface area contributed by atoms with Gasteiger partial charge in [0.1, 0.15) is 10.6 Å². The van der Waals surface area contributed by atoms with E-state index in [0.717, 1.165) is 12.8 Å². The molecule has 0 aromatic heterocycles. The minimum Gasteiger partial charge on any atom is -0.497 e. The SMILES string of the molecule is COc1ccc(NS(=O)(=O)c2cc(C(=O)OC(C)C)ccc2NCC2CCCO2)cc1. The van der Waals surface area contributed by atoms with Crippen LogP contribution in [0.4, 0.5) is 11.4 Å². The largest absolute Gasteiger partial charge is 0.497 e. The number of hydrogen-bond donors (Lipinski definition) is 2. The van der Waals surface area contributed by atoms with E-state index in [2.05, 4.69) is 10.0 Å². The van der Waals surface area contributed by atoms with Gasteiger partial charge < -0.3 is 19.5 Å². The van der Waals surface area contributed by atoms with E-state index in [1.165, 1.54) is 13.2 Å². The Labute approximate surface area is 182 Å². The first-order valence-corrected chi connectivity index (χ1v) is 11.6. The summed E-state index contributed by atoms with van der Waals surface area (Å²) in [6.45, 7) is 4.65. The molecule has 0 spiro atoms. The molecule has 3 rings (SSSR count). The van der Waals surface area contributed by atoms with Crippen LogP contribution in [0.25, 0.3) is 0 Å². The summed E-state index contributed by atoms with van der Waals surface area (Å²) in [5, 5.41) is 3.16. The fourth-order valence-corrected chi connectivity index (χ4v) is 4.47. The molecule has 2 aromatic rings. The van der Waals surface area contributed by atoms with Gasteiger partial charge in [0.25, 0.3) is 10.0 Å². The molecule has 9 heteroatoms. The summed E-state index contributed by atoms with van der Waals surface area (Å²) in [6.07, 6.45) is 1.60. The van der Waals surface area contributed by atoms with Crippen molar-refractivity contribution >= 4 is 27.4 Å². The maximum absolute atomic E-state index is 13.2. The van der Waals surface area contributed by atoms with Gasteiger partial charge in [0, 0.05) is 18.8 Å². The highest BCUT2D eigenvalue weighted by atomic mass is 32.2. The van der Waals surface area contributed by atoms with Crippen LogP contribution < -0.4 is 14.8 Å². The molecule has 0 saturated carbocycles. The van der Waals surface area contributed by atoms with Gasteiger partial charge in [-0.3, -0.25) is 4.72 Å². The summed E-state index contributed by atoms with van der Waals surface area (Å²) in [5.41, 5.74) is 0.921. The van der Waals surface area contributed by atoms with Gasteiger partial charge in [0.05, 0.1) is 30.6 Å². The molecule has 0 aliphatic carbocycles. The summed E-state index contributed by atoms with van der Waals surface area (Å²) in [5.74, 6) is 0.0295. The van der Waals surface area contributed by atoms with E-state index in [0.29, 0.717) is 30.3 Å². The third-order valence-corrected chi connectivity index (χ3v) is 6.16. The second-order valence-electron chi connectivity index (χ2n) is 7.51. The van der Waals surface area contributed by atoms with Gasteiger partial charge in [-0.1, -0.05) is 0 Å². The van der Waals surface area contributed by atoms with E-state index in [1.807, 2.05) is 0 Å². The number of esters is 1. The molecule has 1 heterocycles. The number of ether oxygens (including phenoxy) is 3. The first kappa shape index (κ1) is 22.9. The van der Waals surface area contributed by atoms with Gasteiger partial charge in [0.2, 0.25) is 0 Å². The van der Waals surface area contributed by atoms with Crippen LogP contribution in [0, 0.1) is 0 Å². The lowest BCUT2D eigenvalue weighted by Crippen LogP contribution is -2.22. The monoisotopic (exact) mass is 448 g/mol. The molecule has 1 unspecified atom stereocenters. The number of hydrogen-bond acceptors (Lipinski definition) is 7. The van der Waals surface area contributed by atoms with E-state index in [4.69, 9.17) is 14.2 Å². The standard InChI is InChI=1S/C22H28N2O6S/c1-15(2)30-22(25)16-6-11-20(23-14-19-5-4-12-29-19)21(13-16)31(26,27)24-17-7-9-18(28-3)10-8-17/h6-11,13,15,19,23-24H,4-5,12,14H2,1-3H3. The summed E-state index contributed by atoms with van der Waals surface area (Å²) >= 11 is 0. The molecular formula is C22H28N2O6S. The molecule has 1 saturated heterocycles. The van der Waals surface area contributed by atoms with Crippen LogP contribution in [-0.4, -0.2) is 46.9 Å². The van der Waals surface area contributed by atoms with Gasteiger partial charge in [0.15, 0.2) is 0 Å². The Kier molecular flexibility index (Phi) is 7.40. The third-order valence-electron chi connectivity index (χ3n) is 4.74. The first-order chi connectivity index (χ1) is 14.8. The van der Waals surface area contributed by atoms with Crippen molar-refractivity contribution in [1.29, 1.82) is 0 Å². The fourth-order valence-electron chi connectivity index (χ4n) is 3.20. The topological polar surface area (TPSA) is 103 Å². The minimum absolute atomic E-state index is 0.0238. The lowest BCUT2D eigenvalue weighted by molar-refractivity contribution is 0.0377. The molecule has 8 nitrogen and oxygen atoms in total. The summed E-state index contributed by atoms with van der Waals surface area (Å²) in [4.78, 5) is 12.3. The molecule has 1 fully saturated rings.